The second-order valence-corrected chi connectivity index (χ2v) is 7.76. The summed E-state index contributed by atoms with van der Waals surface area (Å²) >= 11 is 0. The van der Waals surface area contributed by atoms with Gasteiger partial charge in [-0.2, -0.15) is 0 Å². The molecule has 2 heterocycles. The van der Waals surface area contributed by atoms with Gasteiger partial charge in [-0.1, -0.05) is 0 Å². The second kappa shape index (κ2) is 7.92. The lowest BCUT2D eigenvalue weighted by Gasteiger charge is -2.26. The predicted molar refractivity (Wildman–Crippen MR) is 100 cm³/mol. The minimum atomic E-state index is -4.35. The van der Waals surface area contributed by atoms with E-state index in [4.69, 9.17) is 4.74 Å². The lowest BCUT2D eigenvalue weighted by atomic mass is 10.1. The fourth-order valence-corrected chi connectivity index (χ4v) is 3.78. The molecule has 13 nitrogen and oxygen atoms in total. The molecule has 29 heavy (non-hydrogen) atoms. The number of benzene rings is 1. The van der Waals surface area contributed by atoms with Gasteiger partial charge in [0.05, 0.1) is 41.1 Å². The Balaban J connectivity index is 1.89. The van der Waals surface area contributed by atoms with Crippen molar-refractivity contribution in [3.63, 3.8) is 0 Å². The summed E-state index contributed by atoms with van der Waals surface area (Å²) in [7, 11) is -4.35. The van der Waals surface area contributed by atoms with Gasteiger partial charge in [0.15, 0.2) is 0 Å². The van der Waals surface area contributed by atoms with Crippen molar-refractivity contribution in [2.24, 2.45) is 0 Å². The van der Waals surface area contributed by atoms with E-state index >= 15 is 0 Å². The molecule has 0 aliphatic carbocycles. The van der Waals surface area contributed by atoms with Gasteiger partial charge in [0.1, 0.15) is 10.5 Å². The summed E-state index contributed by atoms with van der Waals surface area (Å²) in [4.78, 5) is 30.0. The number of rotatable bonds is 6. The Bertz CT molecular complexity index is 1020. The smallest absolute Gasteiger partial charge is 0.280 e. The molecule has 2 aromatic rings. The van der Waals surface area contributed by atoms with E-state index in [-0.39, 0.29) is 11.3 Å². The fraction of sp³-hybridized carbons (Fsp3) is 0.333. The first-order valence-corrected chi connectivity index (χ1v) is 9.78. The minimum absolute atomic E-state index is 0.00731. The van der Waals surface area contributed by atoms with Crippen LogP contribution in [-0.4, -0.2) is 54.5 Å². The summed E-state index contributed by atoms with van der Waals surface area (Å²) in [5.74, 6) is 0.401. The van der Waals surface area contributed by atoms with E-state index in [1.165, 1.54) is 19.3 Å². The van der Waals surface area contributed by atoms with Crippen molar-refractivity contribution in [3.8, 4) is 0 Å². The molecule has 0 unspecified atom stereocenters. The minimum Gasteiger partial charge on any atom is -0.378 e. The highest BCUT2D eigenvalue weighted by molar-refractivity contribution is 7.92. The molecule has 0 spiro atoms. The van der Waals surface area contributed by atoms with Crippen LogP contribution in [0.5, 0.6) is 0 Å². The molecule has 1 saturated heterocycles. The number of sulfonamides is 1. The Morgan fingerprint density at radius 1 is 1.07 bits per heavy atom. The average molecular weight is 424 g/mol. The largest absolute Gasteiger partial charge is 0.378 e. The van der Waals surface area contributed by atoms with Crippen molar-refractivity contribution in [2.45, 2.75) is 11.8 Å². The number of hydrogen-bond donors (Lipinski definition) is 1. The Kier molecular flexibility index (Phi) is 5.56. The molecular weight excluding hydrogens is 408 g/mol. The summed E-state index contributed by atoms with van der Waals surface area (Å²) in [6.45, 7) is 3.44. The molecule has 0 bridgehead atoms. The van der Waals surface area contributed by atoms with Gasteiger partial charge in [0.2, 0.25) is 5.95 Å². The maximum atomic E-state index is 12.6. The topological polar surface area (TPSA) is 171 Å². The monoisotopic (exact) mass is 424 g/mol. The number of hydrogen-bond acceptors (Lipinski definition) is 10. The first-order valence-electron chi connectivity index (χ1n) is 8.30. The van der Waals surface area contributed by atoms with Crippen molar-refractivity contribution < 1.29 is 23.0 Å². The third-order valence-corrected chi connectivity index (χ3v) is 5.58. The van der Waals surface area contributed by atoms with E-state index in [1.54, 1.807) is 0 Å². The summed E-state index contributed by atoms with van der Waals surface area (Å²) in [5, 5.41) is 22.3. The number of anilines is 2. The number of aromatic nitrogens is 2. The van der Waals surface area contributed by atoms with Crippen molar-refractivity contribution in [3.05, 3.63) is 50.3 Å². The summed E-state index contributed by atoms with van der Waals surface area (Å²) < 4.78 is 32.6. The maximum absolute atomic E-state index is 12.6. The predicted octanol–water partition coefficient (Wildman–Crippen LogP) is 1.24. The van der Waals surface area contributed by atoms with E-state index in [9.17, 15) is 28.6 Å². The van der Waals surface area contributed by atoms with Crippen LogP contribution in [0.15, 0.2) is 29.4 Å². The van der Waals surface area contributed by atoms with Crippen molar-refractivity contribution >= 4 is 33.0 Å². The molecule has 1 aromatic carbocycles. The van der Waals surface area contributed by atoms with Crippen LogP contribution in [0.2, 0.25) is 0 Å². The number of nitrogens with one attached hydrogen (secondary N) is 1. The van der Waals surface area contributed by atoms with E-state index in [0.29, 0.717) is 32.3 Å². The van der Waals surface area contributed by atoms with Crippen LogP contribution in [-0.2, 0) is 14.8 Å². The Morgan fingerprint density at radius 2 is 1.59 bits per heavy atom. The van der Waals surface area contributed by atoms with Gasteiger partial charge in [0, 0.05) is 25.2 Å². The normalized spacial score (nSPS) is 14.4. The molecule has 1 fully saturated rings. The van der Waals surface area contributed by atoms with Crippen molar-refractivity contribution in [2.75, 3.05) is 35.9 Å². The second-order valence-electron chi connectivity index (χ2n) is 6.08. The summed E-state index contributed by atoms with van der Waals surface area (Å²) in [5.41, 5.74) is -1.57. The maximum Gasteiger partial charge on any atom is 0.280 e. The SMILES string of the molecule is Cc1c([N+](=O)[O-])cc(S(=O)(=O)Nc2cnc(N3CCOCC3)nc2)cc1[N+](=O)[O-]. The molecule has 0 amide bonds. The number of nitro groups is 2. The van der Waals surface area contributed by atoms with E-state index in [1.807, 2.05) is 4.90 Å². The Morgan fingerprint density at radius 3 is 2.07 bits per heavy atom. The quantitative estimate of drug-likeness (QED) is 0.525. The molecule has 1 N–H and O–H groups in total. The number of ether oxygens (including phenoxy) is 1. The molecule has 1 aromatic heterocycles. The molecule has 0 saturated carbocycles. The van der Waals surface area contributed by atoms with Crippen molar-refractivity contribution in [1.82, 2.24) is 9.97 Å². The number of morpholine rings is 1. The molecule has 0 atom stereocenters. The van der Waals surface area contributed by atoms with Gasteiger partial charge in [-0.15, -0.1) is 0 Å². The standard InChI is InChI=1S/C15H16N6O7S/c1-10-13(20(22)23)6-12(7-14(10)21(24)25)29(26,27)18-11-8-16-15(17-9-11)19-2-4-28-5-3-19/h6-9,18H,2-5H2,1H3. The lowest BCUT2D eigenvalue weighted by molar-refractivity contribution is -0.395. The molecule has 1 aliphatic heterocycles. The zero-order valence-corrected chi connectivity index (χ0v) is 16.0. The van der Waals surface area contributed by atoms with Gasteiger partial charge < -0.3 is 9.64 Å². The zero-order chi connectivity index (χ0) is 21.2. The number of nitro benzene ring substituents is 2. The summed E-state index contributed by atoms with van der Waals surface area (Å²) in [6, 6.07) is 1.54. The van der Waals surface area contributed by atoms with Crippen LogP contribution in [0.25, 0.3) is 0 Å². The summed E-state index contributed by atoms with van der Waals surface area (Å²) in [6.07, 6.45) is 2.48. The molecule has 1 aliphatic rings. The molecular formula is C15H16N6O7S. The molecule has 14 heteroatoms. The third-order valence-electron chi connectivity index (χ3n) is 4.21. The first kappa shape index (κ1) is 20.3. The van der Waals surface area contributed by atoms with Gasteiger partial charge in [-0.25, -0.2) is 18.4 Å². The Hall–Kier alpha value is -3.39. The van der Waals surface area contributed by atoms with Crippen molar-refractivity contribution in [1.29, 1.82) is 0 Å². The van der Waals surface area contributed by atoms with Gasteiger partial charge >= 0.3 is 0 Å². The van der Waals surface area contributed by atoms with Crippen LogP contribution in [0.1, 0.15) is 5.56 Å². The lowest BCUT2D eigenvalue weighted by Crippen LogP contribution is -2.37. The van der Waals surface area contributed by atoms with E-state index < -0.39 is 36.1 Å². The van der Waals surface area contributed by atoms with Crippen LogP contribution < -0.4 is 9.62 Å². The third kappa shape index (κ3) is 4.38. The number of nitrogens with zero attached hydrogens (tertiary/aromatic N) is 5. The zero-order valence-electron chi connectivity index (χ0n) is 15.1. The first-order chi connectivity index (χ1) is 13.7. The highest BCUT2D eigenvalue weighted by atomic mass is 32.2. The van der Waals surface area contributed by atoms with Gasteiger partial charge in [0.25, 0.3) is 21.4 Å². The van der Waals surface area contributed by atoms with Crippen LogP contribution in [0, 0.1) is 27.2 Å². The van der Waals surface area contributed by atoms with Crippen LogP contribution in [0.3, 0.4) is 0 Å². The van der Waals surface area contributed by atoms with Gasteiger partial charge in [-0.05, 0) is 6.92 Å². The molecule has 3 rings (SSSR count). The van der Waals surface area contributed by atoms with E-state index in [2.05, 4.69) is 14.7 Å². The Labute approximate surface area is 164 Å². The average Bonchev–Trinajstić information content (AvgIpc) is 2.68. The molecule has 154 valence electrons. The van der Waals surface area contributed by atoms with Gasteiger partial charge in [-0.3, -0.25) is 25.0 Å². The fourth-order valence-electron chi connectivity index (χ4n) is 2.71. The molecule has 0 radical (unpaired) electrons. The highest BCUT2D eigenvalue weighted by Crippen LogP contribution is 2.32. The van der Waals surface area contributed by atoms with Crippen LogP contribution in [0.4, 0.5) is 23.0 Å². The van der Waals surface area contributed by atoms with Crippen LogP contribution >= 0.6 is 0 Å². The van der Waals surface area contributed by atoms with E-state index in [0.717, 1.165) is 12.1 Å². The highest BCUT2D eigenvalue weighted by Gasteiger charge is 2.28.